The van der Waals surface area contributed by atoms with Crippen LogP contribution in [0.3, 0.4) is 0 Å². The lowest BCUT2D eigenvalue weighted by Crippen LogP contribution is -2.49. The Morgan fingerprint density at radius 1 is 1.36 bits per heavy atom. The van der Waals surface area contributed by atoms with E-state index in [0.29, 0.717) is 6.42 Å². The number of anilines is 1. The van der Waals surface area contributed by atoms with E-state index in [1.165, 1.54) is 12.3 Å². The zero-order valence-electron chi connectivity index (χ0n) is 14.6. The molecule has 2 aliphatic heterocycles. The van der Waals surface area contributed by atoms with Gasteiger partial charge in [0.2, 0.25) is 0 Å². The van der Waals surface area contributed by atoms with Gasteiger partial charge in [-0.05, 0) is 12.5 Å². The first-order valence-electron chi connectivity index (χ1n) is 8.34. The highest BCUT2D eigenvalue weighted by Crippen LogP contribution is 2.35. The topological polar surface area (TPSA) is 181 Å². The molecule has 0 aromatic carbocycles. The smallest absolute Gasteiger partial charge is 0.418 e. The molecule has 2 unspecified atom stereocenters. The Morgan fingerprint density at radius 2 is 2.04 bits per heavy atom. The molecule has 13 heteroatoms. The zero-order valence-corrected chi connectivity index (χ0v) is 14.6. The predicted molar refractivity (Wildman–Crippen MR) is 86.8 cm³/mol. The van der Waals surface area contributed by atoms with Crippen molar-refractivity contribution in [2.24, 2.45) is 5.73 Å². The molecule has 0 aliphatic carbocycles. The first-order valence-corrected chi connectivity index (χ1v) is 8.34. The van der Waals surface area contributed by atoms with Crippen LogP contribution in [0.4, 0.5) is 5.82 Å². The molecule has 152 valence electrons. The van der Waals surface area contributed by atoms with Gasteiger partial charge in [0, 0.05) is 6.20 Å². The molecule has 4 N–H and O–H groups in total. The van der Waals surface area contributed by atoms with E-state index >= 15 is 0 Å². The summed E-state index contributed by atoms with van der Waals surface area (Å²) in [5.41, 5.74) is 6.48. The number of aromatic nitrogens is 2. The summed E-state index contributed by atoms with van der Waals surface area (Å²) in [4.78, 5) is 50.7. The molecule has 5 atom stereocenters. The van der Waals surface area contributed by atoms with Gasteiger partial charge in [-0.2, -0.15) is 4.98 Å². The molecule has 0 saturated carbocycles. The van der Waals surface area contributed by atoms with Crippen LogP contribution in [0.2, 0.25) is 0 Å². The van der Waals surface area contributed by atoms with Crippen LogP contribution >= 0.6 is 0 Å². The molecule has 0 spiro atoms. The van der Waals surface area contributed by atoms with E-state index in [9.17, 15) is 19.2 Å². The fourth-order valence-corrected chi connectivity index (χ4v) is 2.78. The average Bonchev–Trinajstić information content (AvgIpc) is 3.02. The third-order valence-electron chi connectivity index (χ3n) is 4.29. The maximum atomic E-state index is 12.2. The van der Waals surface area contributed by atoms with Gasteiger partial charge in [0.05, 0.1) is 0 Å². The number of esters is 3. The molecular formula is C15H18N4O9. The Bertz CT molecular complexity index is 841. The van der Waals surface area contributed by atoms with Gasteiger partial charge >= 0.3 is 23.6 Å². The molecule has 13 nitrogen and oxygen atoms in total. The normalized spacial score (nSPS) is 27.4. The maximum absolute atomic E-state index is 12.2. The van der Waals surface area contributed by atoms with Gasteiger partial charge in [0.25, 0.3) is 0 Å². The van der Waals surface area contributed by atoms with Crippen molar-refractivity contribution >= 4 is 23.7 Å². The van der Waals surface area contributed by atoms with E-state index in [1.807, 2.05) is 0 Å². The molecule has 0 amide bonds. The lowest BCUT2D eigenvalue weighted by Gasteiger charge is -2.28. The first kappa shape index (κ1) is 19.7. The van der Waals surface area contributed by atoms with Crippen LogP contribution in [0.5, 0.6) is 0 Å². The minimum atomic E-state index is -1.24. The van der Waals surface area contributed by atoms with Crippen LogP contribution in [0.25, 0.3) is 0 Å². The molecule has 3 heterocycles. The van der Waals surface area contributed by atoms with E-state index in [0.717, 1.165) is 4.57 Å². The van der Waals surface area contributed by atoms with Gasteiger partial charge in [-0.25, -0.2) is 14.4 Å². The van der Waals surface area contributed by atoms with Crippen LogP contribution < -0.4 is 16.9 Å². The van der Waals surface area contributed by atoms with Crippen molar-refractivity contribution in [3.8, 4) is 0 Å². The highest BCUT2D eigenvalue weighted by atomic mass is 16.7. The summed E-state index contributed by atoms with van der Waals surface area (Å²) < 4.78 is 21.8. The Morgan fingerprint density at radius 3 is 2.64 bits per heavy atom. The third-order valence-corrected chi connectivity index (χ3v) is 4.29. The molecular weight excluding hydrogens is 380 g/mol. The zero-order chi connectivity index (χ0) is 20.4. The summed E-state index contributed by atoms with van der Waals surface area (Å²) in [5.74, 6) is -3.25. The summed E-state index contributed by atoms with van der Waals surface area (Å²) >= 11 is 0. The Kier molecular flexibility index (Phi) is 5.58. The summed E-state index contributed by atoms with van der Waals surface area (Å²) in [6.07, 6.45) is -2.88. The second-order valence-electron chi connectivity index (χ2n) is 6.06. The summed E-state index contributed by atoms with van der Waals surface area (Å²) in [7, 11) is 0. The number of nitrogens with zero attached hydrogens (tertiary/aromatic N) is 2. The highest BCUT2D eigenvalue weighted by molar-refractivity contribution is 6.30. The number of fused-ring (bicyclic) bond motifs is 1. The van der Waals surface area contributed by atoms with Crippen molar-refractivity contribution in [2.75, 3.05) is 12.1 Å². The third kappa shape index (κ3) is 3.67. The number of carbonyl (C=O) groups excluding carboxylic acids is 3. The van der Waals surface area contributed by atoms with Gasteiger partial charge < -0.3 is 24.7 Å². The van der Waals surface area contributed by atoms with Gasteiger partial charge in [0.1, 0.15) is 18.8 Å². The number of rotatable bonds is 6. The summed E-state index contributed by atoms with van der Waals surface area (Å²) in [5, 5.41) is 8.82. The second kappa shape index (κ2) is 7.92. The Hall–Kier alpha value is -3.03. The molecule has 0 radical (unpaired) electrons. The highest BCUT2D eigenvalue weighted by Gasteiger charge is 2.55. The lowest BCUT2D eigenvalue weighted by molar-refractivity contribution is -0.195. The van der Waals surface area contributed by atoms with Crippen molar-refractivity contribution in [1.82, 2.24) is 9.55 Å². The van der Waals surface area contributed by atoms with Gasteiger partial charge in [-0.3, -0.25) is 20.0 Å². The quantitative estimate of drug-likeness (QED) is 0.209. The second-order valence-corrected chi connectivity index (χ2v) is 6.06. The molecule has 0 bridgehead atoms. The molecule has 1 aromatic rings. The number of carbonyl (C=O) groups is 3. The summed E-state index contributed by atoms with van der Waals surface area (Å²) in [6, 6.07) is 0.439. The van der Waals surface area contributed by atoms with Crippen LogP contribution in [0.1, 0.15) is 19.6 Å². The monoisotopic (exact) mass is 398 g/mol. The van der Waals surface area contributed by atoms with Crippen molar-refractivity contribution in [3.05, 3.63) is 22.7 Å². The van der Waals surface area contributed by atoms with Gasteiger partial charge in [-0.1, -0.05) is 6.92 Å². The van der Waals surface area contributed by atoms with E-state index in [4.69, 9.17) is 29.9 Å². The maximum Gasteiger partial charge on any atom is 0.418 e. The molecule has 1 aromatic heterocycles. The Labute approximate surface area is 157 Å². The number of nitrogens with two attached hydrogens (primary N) is 1. The van der Waals surface area contributed by atoms with Crippen molar-refractivity contribution in [2.45, 2.75) is 43.9 Å². The average molecular weight is 398 g/mol. The van der Waals surface area contributed by atoms with E-state index in [-0.39, 0.29) is 12.4 Å². The van der Waals surface area contributed by atoms with Crippen LogP contribution in [-0.2, 0) is 33.3 Å². The minimum absolute atomic E-state index is 0.109. The van der Waals surface area contributed by atoms with Crippen molar-refractivity contribution < 1.29 is 38.5 Å². The standard InChI is InChI=1S/C15H18N4O9/c1-2-6(16)12(20)25-5-7-9-10(28-14(22)13(21)27-9)11(26-7)19-4-3-8(18-24)17-15(19)23/h3-4,6-7,9-11,24H,2,5,16H2,1H3,(H,17,18,23)/t6-,7+,9?,10?,11+/m0/s1. The van der Waals surface area contributed by atoms with Gasteiger partial charge in [-0.15, -0.1) is 0 Å². The van der Waals surface area contributed by atoms with E-state index in [2.05, 4.69) is 4.98 Å². The minimum Gasteiger partial charge on any atom is -0.462 e. The van der Waals surface area contributed by atoms with E-state index < -0.39 is 54.2 Å². The van der Waals surface area contributed by atoms with E-state index in [1.54, 1.807) is 12.4 Å². The van der Waals surface area contributed by atoms with Crippen molar-refractivity contribution in [3.63, 3.8) is 0 Å². The fourth-order valence-electron chi connectivity index (χ4n) is 2.78. The Balaban J connectivity index is 1.83. The number of nitrogens with one attached hydrogen (secondary N) is 1. The van der Waals surface area contributed by atoms with Crippen LogP contribution in [0.15, 0.2) is 17.1 Å². The lowest BCUT2D eigenvalue weighted by atomic mass is 10.1. The van der Waals surface area contributed by atoms with Crippen molar-refractivity contribution in [1.29, 1.82) is 0 Å². The molecule has 2 saturated heterocycles. The van der Waals surface area contributed by atoms with Crippen LogP contribution in [-0.4, -0.2) is 63.6 Å². The number of hydrogen-bond acceptors (Lipinski definition) is 12. The number of hydrogen-bond donors (Lipinski definition) is 3. The number of ether oxygens (including phenoxy) is 4. The molecule has 28 heavy (non-hydrogen) atoms. The first-order chi connectivity index (χ1) is 13.3. The van der Waals surface area contributed by atoms with Crippen LogP contribution in [0, 0.1) is 0 Å². The molecule has 2 fully saturated rings. The fraction of sp³-hybridized carbons (Fsp3) is 0.533. The largest absolute Gasteiger partial charge is 0.462 e. The molecule has 3 rings (SSSR count). The van der Waals surface area contributed by atoms with Gasteiger partial charge in [0.15, 0.2) is 24.3 Å². The summed E-state index contributed by atoms with van der Waals surface area (Å²) in [6.45, 7) is 1.37. The predicted octanol–water partition coefficient (Wildman–Crippen LogP) is -1.94. The molecule has 2 aliphatic rings. The SMILES string of the molecule is CC[C@H](N)C(=O)OC[C@H]1O[C@@H](n2ccc(NO)nc2=O)C2OC(=O)C(=O)OC21.